The molecule has 6 nitrogen and oxygen atoms in total. The molecular formula is C12H24N4O2S2. The highest BCUT2D eigenvalue weighted by Crippen LogP contribution is 2.13. The van der Waals surface area contributed by atoms with Crippen LogP contribution in [0.2, 0.25) is 0 Å². The fourth-order valence-corrected chi connectivity index (χ4v) is 3.78. The molecule has 1 heterocycles. The van der Waals surface area contributed by atoms with Crippen molar-refractivity contribution in [1.82, 2.24) is 20.2 Å². The molecule has 0 aliphatic carbocycles. The second-order valence-corrected chi connectivity index (χ2v) is 7.91. The third kappa shape index (κ3) is 5.43. The van der Waals surface area contributed by atoms with Crippen LogP contribution in [0.3, 0.4) is 0 Å². The average molecular weight is 320 g/mol. The monoisotopic (exact) mass is 320 g/mol. The molecule has 0 aromatic carbocycles. The number of aromatic amines is 1. The Morgan fingerprint density at radius 1 is 1.40 bits per heavy atom. The summed E-state index contributed by atoms with van der Waals surface area (Å²) in [4.78, 5) is 0. The predicted octanol–water partition coefficient (Wildman–Crippen LogP) is 1.33. The molecule has 0 radical (unpaired) electrons. The van der Waals surface area contributed by atoms with Crippen LogP contribution in [-0.2, 0) is 16.6 Å². The number of thioether (sulfide) groups is 1. The van der Waals surface area contributed by atoms with E-state index in [0.717, 1.165) is 11.5 Å². The van der Waals surface area contributed by atoms with E-state index in [-0.39, 0.29) is 17.1 Å². The smallest absolute Gasteiger partial charge is 0.258 e. The first-order valence-electron chi connectivity index (χ1n) is 6.72. The summed E-state index contributed by atoms with van der Waals surface area (Å²) >= 11 is 1.71. The third-order valence-corrected chi connectivity index (χ3v) is 5.32. The lowest BCUT2D eigenvalue weighted by Crippen LogP contribution is -2.35. The van der Waals surface area contributed by atoms with Crippen molar-refractivity contribution >= 4 is 21.8 Å². The lowest BCUT2D eigenvalue weighted by Gasteiger charge is -2.14. The molecule has 1 unspecified atom stereocenters. The molecule has 20 heavy (non-hydrogen) atoms. The fourth-order valence-electron chi connectivity index (χ4n) is 1.62. The Labute approximate surface area is 125 Å². The zero-order chi connectivity index (χ0) is 15.2. The molecule has 0 bridgehead atoms. The highest BCUT2D eigenvalue weighted by Gasteiger charge is 2.22. The molecule has 0 aliphatic rings. The van der Waals surface area contributed by atoms with Crippen LogP contribution in [0.1, 0.15) is 33.3 Å². The average Bonchev–Trinajstić information content (AvgIpc) is 2.82. The van der Waals surface area contributed by atoms with E-state index in [1.807, 2.05) is 20.8 Å². The fraction of sp³-hybridized carbons (Fsp3) is 0.750. The van der Waals surface area contributed by atoms with Gasteiger partial charge in [-0.1, -0.05) is 20.8 Å². The van der Waals surface area contributed by atoms with Gasteiger partial charge in [0.15, 0.2) is 5.03 Å². The summed E-state index contributed by atoms with van der Waals surface area (Å²) in [5.74, 6) is 1.73. The number of aromatic nitrogens is 2. The maximum atomic E-state index is 12.3. The van der Waals surface area contributed by atoms with Gasteiger partial charge in [0.2, 0.25) is 0 Å². The van der Waals surface area contributed by atoms with E-state index in [2.05, 4.69) is 27.2 Å². The van der Waals surface area contributed by atoms with Crippen molar-refractivity contribution in [2.75, 3.05) is 11.5 Å². The molecule has 0 amide bonds. The number of hydrogen-bond acceptors (Lipinski definition) is 5. The molecule has 8 heteroatoms. The van der Waals surface area contributed by atoms with Crippen molar-refractivity contribution in [1.29, 1.82) is 0 Å². The topological polar surface area (TPSA) is 86.9 Å². The molecule has 116 valence electrons. The van der Waals surface area contributed by atoms with Crippen LogP contribution in [0, 0.1) is 0 Å². The van der Waals surface area contributed by atoms with Gasteiger partial charge < -0.3 is 5.32 Å². The summed E-state index contributed by atoms with van der Waals surface area (Å²) in [7, 11) is -3.55. The minimum Gasteiger partial charge on any atom is -0.310 e. The Hall–Kier alpha value is -0.570. The quantitative estimate of drug-likeness (QED) is 0.639. The molecule has 1 rings (SSSR count). The van der Waals surface area contributed by atoms with E-state index in [9.17, 15) is 8.42 Å². The SMILES string of the molecule is CCSCC(C)NS(=O)(=O)c1[nH]ncc1CNC(C)C. The highest BCUT2D eigenvalue weighted by molar-refractivity contribution is 7.99. The van der Waals surface area contributed by atoms with Crippen molar-refractivity contribution in [3.05, 3.63) is 11.8 Å². The Morgan fingerprint density at radius 2 is 2.10 bits per heavy atom. The van der Waals surface area contributed by atoms with Crippen LogP contribution in [0.25, 0.3) is 0 Å². The van der Waals surface area contributed by atoms with Crippen LogP contribution in [0.15, 0.2) is 11.2 Å². The largest absolute Gasteiger partial charge is 0.310 e. The Bertz CT molecular complexity index is 499. The van der Waals surface area contributed by atoms with Crippen molar-refractivity contribution < 1.29 is 8.42 Å². The predicted molar refractivity (Wildman–Crippen MR) is 83.3 cm³/mol. The van der Waals surface area contributed by atoms with Gasteiger partial charge in [-0.05, 0) is 12.7 Å². The highest BCUT2D eigenvalue weighted by atomic mass is 32.2. The summed E-state index contributed by atoms with van der Waals surface area (Å²) in [6.07, 6.45) is 1.55. The molecule has 1 aromatic rings. The lowest BCUT2D eigenvalue weighted by molar-refractivity contribution is 0.557. The van der Waals surface area contributed by atoms with Crippen molar-refractivity contribution in [2.24, 2.45) is 0 Å². The van der Waals surface area contributed by atoms with Gasteiger partial charge >= 0.3 is 0 Å². The zero-order valence-corrected chi connectivity index (χ0v) is 14.1. The molecule has 0 aliphatic heterocycles. The lowest BCUT2D eigenvalue weighted by atomic mass is 10.3. The maximum absolute atomic E-state index is 12.3. The van der Waals surface area contributed by atoms with Gasteiger partial charge in [0.05, 0.1) is 6.20 Å². The number of sulfonamides is 1. The van der Waals surface area contributed by atoms with E-state index < -0.39 is 10.0 Å². The molecule has 1 aromatic heterocycles. The van der Waals surface area contributed by atoms with Gasteiger partial charge in [0.1, 0.15) is 0 Å². The van der Waals surface area contributed by atoms with Gasteiger partial charge in [-0.3, -0.25) is 5.10 Å². The number of hydrogen-bond donors (Lipinski definition) is 3. The second kappa shape index (κ2) is 8.02. The third-order valence-electron chi connectivity index (χ3n) is 2.58. The number of nitrogens with zero attached hydrogens (tertiary/aromatic N) is 1. The van der Waals surface area contributed by atoms with Gasteiger partial charge in [-0.25, -0.2) is 13.1 Å². The molecular weight excluding hydrogens is 296 g/mol. The first-order valence-corrected chi connectivity index (χ1v) is 9.36. The van der Waals surface area contributed by atoms with E-state index in [1.165, 1.54) is 0 Å². The molecule has 0 fully saturated rings. The first-order chi connectivity index (χ1) is 9.36. The Morgan fingerprint density at radius 3 is 2.70 bits per heavy atom. The summed E-state index contributed by atoms with van der Waals surface area (Å²) < 4.78 is 27.3. The summed E-state index contributed by atoms with van der Waals surface area (Å²) in [6.45, 7) is 8.41. The van der Waals surface area contributed by atoms with Gasteiger partial charge in [0, 0.05) is 29.9 Å². The van der Waals surface area contributed by atoms with Gasteiger partial charge in [-0.2, -0.15) is 16.9 Å². The van der Waals surface area contributed by atoms with Crippen LogP contribution >= 0.6 is 11.8 Å². The first kappa shape index (κ1) is 17.5. The molecule has 0 spiro atoms. The summed E-state index contributed by atoms with van der Waals surface area (Å²) in [6, 6.07) is 0.174. The standard InChI is InChI=1S/C12H24N4O2S2/c1-5-19-8-10(4)16-20(17,18)12-11(7-14-15-12)6-13-9(2)3/h7,9-10,13,16H,5-6,8H2,1-4H3,(H,14,15). The van der Waals surface area contributed by atoms with E-state index in [1.54, 1.807) is 18.0 Å². The minimum absolute atomic E-state index is 0.112. The van der Waals surface area contributed by atoms with Crippen LogP contribution in [0.5, 0.6) is 0 Å². The summed E-state index contributed by atoms with van der Waals surface area (Å²) in [5.41, 5.74) is 0.654. The van der Waals surface area contributed by atoms with Crippen molar-refractivity contribution in [3.8, 4) is 0 Å². The normalized spacial score (nSPS) is 13.8. The molecule has 0 saturated heterocycles. The zero-order valence-electron chi connectivity index (χ0n) is 12.4. The molecule has 0 saturated carbocycles. The molecule has 3 N–H and O–H groups in total. The van der Waals surface area contributed by atoms with Crippen molar-refractivity contribution in [2.45, 2.75) is 51.3 Å². The van der Waals surface area contributed by atoms with Crippen LogP contribution in [-0.4, -0.2) is 42.2 Å². The minimum atomic E-state index is -3.55. The maximum Gasteiger partial charge on any atom is 0.258 e. The van der Waals surface area contributed by atoms with E-state index >= 15 is 0 Å². The van der Waals surface area contributed by atoms with Gasteiger partial charge in [-0.15, -0.1) is 0 Å². The second-order valence-electron chi connectivity index (χ2n) is 4.94. The van der Waals surface area contributed by atoms with E-state index in [0.29, 0.717) is 12.1 Å². The summed E-state index contributed by atoms with van der Waals surface area (Å²) in [5, 5.41) is 9.77. The number of rotatable bonds is 9. The van der Waals surface area contributed by atoms with Crippen LogP contribution < -0.4 is 10.0 Å². The number of H-pyrrole nitrogens is 1. The number of nitrogens with one attached hydrogen (secondary N) is 3. The Balaban J connectivity index is 2.74. The molecule has 1 atom stereocenters. The van der Waals surface area contributed by atoms with Crippen LogP contribution in [0.4, 0.5) is 0 Å². The van der Waals surface area contributed by atoms with Crippen molar-refractivity contribution in [3.63, 3.8) is 0 Å². The Kier molecular flexibility index (Phi) is 7.01. The van der Waals surface area contributed by atoms with Gasteiger partial charge in [0.25, 0.3) is 10.0 Å². The van der Waals surface area contributed by atoms with E-state index in [4.69, 9.17) is 0 Å².